The summed E-state index contributed by atoms with van der Waals surface area (Å²) >= 11 is 0. The number of hydrogen-bond acceptors (Lipinski definition) is 8. The van der Waals surface area contributed by atoms with Crippen LogP contribution in [0.5, 0.6) is 11.5 Å². The summed E-state index contributed by atoms with van der Waals surface area (Å²) in [5, 5.41) is 6.59. The number of nitrogens with one attached hydrogen (secondary N) is 2. The Bertz CT molecular complexity index is 934. The first-order chi connectivity index (χ1) is 14.1. The highest BCUT2D eigenvalue weighted by Crippen LogP contribution is 2.31. The molecule has 152 valence electrons. The third kappa shape index (κ3) is 5.55. The molecule has 0 bridgehead atoms. The van der Waals surface area contributed by atoms with E-state index in [4.69, 9.17) is 9.47 Å². The molecule has 0 spiro atoms. The van der Waals surface area contributed by atoms with E-state index in [1.807, 2.05) is 56.6 Å². The molecule has 2 N–H and O–H groups in total. The number of benzene rings is 1. The molecule has 2 aromatic heterocycles. The van der Waals surface area contributed by atoms with Crippen LogP contribution in [0.15, 0.2) is 48.7 Å². The van der Waals surface area contributed by atoms with Crippen molar-refractivity contribution < 1.29 is 9.47 Å². The fourth-order valence-electron chi connectivity index (χ4n) is 2.69. The van der Waals surface area contributed by atoms with Gasteiger partial charge in [0.2, 0.25) is 5.95 Å². The number of nitrogens with zero attached hydrogens (tertiary/aromatic N) is 4. The van der Waals surface area contributed by atoms with E-state index in [0.717, 1.165) is 30.2 Å². The third-order valence-electron chi connectivity index (χ3n) is 4.15. The van der Waals surface area contributed by atoms with Crippen LogP contribution in [-0.4, -0.2) is 61.3 Å². The lowest BCUT2D eigenvalue weighted by Crippen LogP contribution is -2.21. The van der Waals surface area contributed by atoms with Gasteiger partial charge in [0.15, 0.2) is 11.5 Å². The lowest BCUT2D eigenvalue weighted by atomic mass is 10.2. The van der Waals surface area contributed by atoms with Gasteiger partial charge in [0.25, 0.3) is 0 Å². The van der Waals surface area contributed by atoms with Crippen molar-refractivity contribution in [2.75, 3.05) is 52.0 Å². The SMILES string of the molecule is COc1ccc(Nc2cc(-c3ccccn3)nc(NCCN(C)C)n2)cc1OC. The molecule has 0 saturated heterocycles. The van der Waals surface area contributed by atoms with Gasteiger partial charge in [0.05, 0.1) is 25.6 Å². The van der Waals surface area contributed by atoms with Crippen LogP contribution in [0.4, 0.5) is 17.5 Å². The van der Waals surface area contributed by atoms with Gasteiger partial charge in [-0.3, -0.25) is 4.98 Å². The minimum atomic E-state index is 0.540. The van der Waals surface area contributed by atoms with Gasteiger partial charge in [-0.2, -0.15) is 4.98 Å². The predicted molar refractivity (Wildman–Crippen MR) is 115 cm³/mol. The quantitative estimate of drug-likeness (QED) is 0.572. The molecule has 0 atom stereocenters. The molecule has 3 rings (SSSR count). The van der Waals surface area contributed by atoms with Crippen molar-refractivity contribution >= 4 is 17.5 Å². The minimum absolute atomic E-state index is 0.540. The molecule has 1 aromatic carbocycles. The van der Waals surface area contributed by atoms with Gasteiger partial charge in [-0.25, -0.2) is 4.98 Å². The Morgan fingerprint density at radius 2 is 1.76 bits per heavy atom. The molecule has 0 aliphatic rings. The molecular weight excluding hydrogens is 368 g/mol. The van der Waals surface area contributed by atoms with Crippen LogP contribution in [0.3, 0.4) is 0 Å². The Kier molecular flexibility index (Phi) is 6.80. The lowest BCUT2D eigenvalue weighted by molar-refractivity contribution is 0.355. The van der Waals surface area contributed by atoms with Crippen LogP contribution in [0, 0.1) is 0 Å². The highest BCUT2D eigenvalue weighted by atomic mass is 16.5. The molecular formula is C21H26N6O2. The third-order valence-corrected chi connectivity index (χ3v) is 4.15. The van der Waals surface area contributed by atoms with Crippen LogP contribution >= 0.6 is 0 Å². The van der Waals surface area contributed by atoms with Gasteiger partial charge in [-0.15, -0.1) is 0 Å². The van der Waals surface area contributed by atoms with Crippen LogP contribution in [-0.2, 0) is 0 Å². The Morgan fingerprint density at radius 3 is 2.45 bits per heavy atom. The van der Waals surface area contributed by atoms with Crippen molar-refractivity contribution in [3.8, 4) is 22.9 Å². The van der Waals surface area contributed by atoms with Gasteiger partial charge < -0.3 is 25.0 Å². The Labute approximate surface area is 170 Å². The van der Waals surface area contributed by atoms with E-state index < -0.39 is 0 Å². The average molecular weight is 394 g/mol. The largest absolute Gasteiger partial charge is 0.493 e. The molecule has 0 saturated carbocycles. The molecule has 0 fully saturated rings. The summed E-state index contributed by atoms with van der Waals surface area (Å²) in [6, 6.07) is 13.2. The fraction of sp³-hybridized carbons (Fsp3) is 0.286. The predicted octanol–water partition coefficient (Wildman–Crippen LogP) is 3.27. The van der Waals surface area contributed by atoms with E-state index in [-0.39, 0.29) is 0 Å². The maximum absolute atomic E-state index is 5.38. The summed E-state index contributed by atoms with van der Waals surface area (Å²) in [6.07, 6.45) is 1.75. The zero-order chi connectivity index (χ0) is 20.6. The van der Waals surface area contributed by atoms with Gasteiger partial charge in [-0.1, -0.05) is 6.07 Å². The summed E-state index contributed by atoms with van der Waals surface area (Å²) in [5.41, 5.74) is 2.34. The van der Waals surface area contributed by atoms with Crippen molar-refractivity contribution in [2.45, 2.75) is 0 Å². The zero-order valence-corrected chi connectivity index (χ0v) is 17.1. The molecule has 2 heterocycles. The van der Waals surface area contributed by atoms with Crippen LogP contribution in [0.1, 0.15) is 0 Å². The Morgan fingerprint density at radius 1 is 0.931 bits per heavy atom. The zero-order valence-electron chi connectivity index (χ0n) is 17.1. The molecule has 29 heavy (non-hydrogen) atoms. The van der Waals surface area contributed by atoms with Gasteiger partial charge in [0, 0.05) is 37.1 Å². The molecule has 0 aliphatic heterocycles. The topological polar surface area (TPSA) is 84.4 Å². The summed E-state index contributed by atoms with van der Waals surface area (Å²) < 4.78 is 10.7. The van der Waals surface area contributed by atoms with Crippen LogP contribution < -0.4 is 20.1 Å². The number of likely N-dealkylation sites (N-methyl/N-ethyl adjacent to an activating group) is 1. The Hall–Kier alpha value is -3.39. The van der Waals surface area contributed by atoms with E-state index in [0.29, 0.717) is 23.3 Å². The molecule has 0 amide bonds. The van der Waals surface area contributed by atoms with Gasteiger partial charge in [0.1, 0.15) is 5.82 Å². The lowest BCUT2D eigenvalue weighted by Gasteiger charge is -2.14. The van der Waals surface area contributed by atoms with E-state index in [9.17, 15) is 0 Å². The molecule has 3 aromatic rings. The van der Waals surface area contributed by atoms with Crippen molar-refractivity contribution in [1.29, 1.82) is 0 Å². The van der Waals surface area contributed by atoms with Gasteiger partial charge >= 0.3 is 0 Å². The number of anilines is 3. The average Bonchev–Trinajstić information content (AvgIpc) is 2.74. The summed E-state index contributed by atoms with van der Waals surface area (Å²) in [5.74, 6) is 2.50. The van der Waals surface area contributed by atoms with Crippen LogP contribution in [0.2, 0.25) is 0 Å². The number of rotatable bonds is 9. The number of ether oxygens (including phenoxy) is 2. The Balaban J connectivity index is 1.90. The van der Waals surface area contributed by atoms with E-state index in [1.54, 1.807) is 20.4 Å². The first-order valence-corrected chi connectivity index (χ1v) is 9.27. The fourth-order valence-corrected chi connectivity index (χ4v) is 2.69. The van der Waals surface area contributed by atoms with E-state index in [1.165, 1.54) is 0 Å². The standard InChI is InChI=1S/C21H26N6O2/c1-27(2)12-11-23-21-25-17(16-7-5-6-10-22-16)14-20(26-21)24-15-8-9-18(28-3)19(13-15)29-4/h5-10,13-14H,11-12H2,1-4H3,(H2,23,24,25,26). The molecule has 8 nitrogen and oxygen atoms in total. The summed E-state index contributed by atoms with van der Waals surface area (Å²) in [4.78, 5) is 15.7. The second-order valence-electron chi connectivity index (χ2n) is 6.60. The number of hydrogen-bond donors (Lipinski definition) is 2. The normalized spacial score (nSPS) is 10.7. The van der Waals surface area contributed by atoms with Crippen LogP contribution in [0.25, 0.3) is 11.4 Å². The van der Waals surface area contributed by atoms with E-state index >= 15 is 0 Å². The molecule has 8 heteroatoms. The monoisotopic (exact) mass is 394 g/mol. The molecule has 0 radical (unpaired) electrons. The number of methoxy groups -OCH3 is 2. The maximum atomic E-state index is 5.38. The highest BCUT2D eigenvalue weighted by Gasteiger charge is 2.10. The highest BCUT2D eigenvalue weighted by molar-refractivity contribution is 5.67. The van der Waals surface area contributed by atoms with E-state index in [2.05, 4.69) is 30.5 Å². The smallest absolute Gasteiger partial charge is 0.225 e. The van der Waals surface area contributed by atoms with Crippen molar-refractivity contribution in [1.82, 2.24) is 19.9 Å². The molecule has 0 unspecified atom stereocenters. The minimum Gasteiger partial charge on any atom is -0.493 e. The number of pyridine rings is 1. The first-order valence-electron chi connectivity index (χ1n) is 9.27. The molecule has 0 aliphatic carbocycles. The summed E-state index contributed by atoms with van der Waals surface area (Å²) in [6.45, 7) is 1.60. The summed E-state index contributed by atoms with van der Waals surface area (Å²) in [7, 11) is 7.27. The first kappa shape index (κ1) is 20.3. The maximum Gasteiger partial charge on any atom is 0.225 e. The second kappa shape index (κ2) is 9.70. The number of aromatic nitrogens is 3. The van der Waals surface area contributed by atoms with Gasteiger partial charge in [-0.05, 0) is 38.4 Å². The second-order valence-corrected chi connectivity index (χ2v) is 6.60. The van der Waals surface area contributed by atoms with Crippen molar-refractivity contribution in [3.05, 3.63) is 48.7 Å². The van der Waals surface area contributed by atoms with Crippen molar-refractivity contribution in [3.63, 3.8) is 0 Å². The van der Waals surface area contributed by atoms with Crippen molar-refractivity contribution in [2.24, 2.45) is 0 Å².